The van der Waals surface area contributed by atoms with Crippen LogP contribution in [0.4, 0.5) is 13.2 Å². The van der Waals surface area contributed by atoms with Gasteiger partial charge in [0.2, 0.25) is 5.82 Å². The maximum atomic E-state index is 13.7. The molecule has 7 nitrogen and oxygen atoms in total. The number of nitrogens with zero attached hydrogens (tertiary/aromatic N) is 3. The largest absolute Gasteiger partial charge is 0.493 e. The van der Waals surface area contributed by atoms with Crippen LogP contribution in [0.3, 0.4) is 0 Å². The molecule has 1 aromatic carbocycles. The summed E-state index contributed by atoms with van der Waals surface area (Å²) in [7, 11) is 0. The van der Waals surface area contributed by atoms with Crippen molar-refractivity contribution in [2.45, 2.75) is 57.7 Å². The molecule has 2 aromatic rings. The predicted octanol–water partition coefficient (Wildman–Crippen LogP) is 5.72. The fourth-order valence-electron chi connectivity index (χ4n) is 3.54. The monoisotopic (exact) mass is 487 g/mol. The highest BCUT2D eigenvalue weighted by Gasteiger charge is 2.35. The lowest BCUT2D eigenvalue weighted by Gasteiger charge is -2.21. The van der Waals surface area contributed by atoms with Crippen molar-refractivity contribution < 1.29 is 22.4 Å². The highest BCUT2D eigenvalue weighted by atomic mass is 35.5. The average Bonchev–Trinajstić information content (AvgIpc) is 3.42. The molecule has 3 N–H and O–H groups in total. The Morgan fingerprint density at radius 3 is 2.67 bits per heavy atom. The first-order chi connectivity index (χ1) is 15.3. The van der Waals surface area contributed by atoms with Gasteiger partial charge in [0.05, 0.1) is 12.2 Å². The number of alkyl halides is 3. The molecule has 182 valence electrons. The Kier molecular flexibility index (Phi) is 9.57. The Labute approximate surface area is 197 Å². The van der Waals surface area contributed by atoms with Gasteiger partial charge in [0.1, 0.15) is 11.8 Å². The SMILES string of the molecule is CCCCCCCCOc1ccc(-c2noc(C3C=CCN3C(=N)N)n2)cc1C(F)(F)F.Cl. The first-order valence-electron chi connectivity index (χ1n) is 10.8. The summed E-state index contributed by atoms with van der Waals surface area (Å²) in [6.45, 7) is 2.78. The molecule has 11 heteroatoms. The van der Waals surface area contributed by atoms with Gasteiger partial charge in [-0.3, -0.25) is 5.41 Å². The summed E-state index contributed by atoms with van der Waals surface area (Å²) in [4.78, 5) is 5.75. The Balaban J connectivity index is 0.00000385. The fourth-order valence-corrected chi connectivity index (χ4v) is 3.54. The van der Waals surface area contributed by atoms with Gasteiger partial charge in [0.25, 0.3) is 5.89 Å². The van der Waals surface area contributed by atoms with Gasteiger partial charge in [-0.2, -0.15) is 18.2 Å². The van der Waals surface area contributed by atoms with Crippen molar-refractivity contribution in [3.05, 3.63) is 41.8 Å². The molecule has 2 heterocycles. The second-order valence-corrected chi connectivity index (χ2v) is 7.69. The molecule has 1 unspecified atom stereocenters. The van der Waals surface area contributed by atoms with Crippen molar-refractivity contribution >= 4 is 18.4 Å². The van der Waals surface area contributed by atoms with E-state index in [1.165, 1.54) is 23.5 Å². The van der Waals surface area contributed by atoms with Crippen molar-refractivity contribution in [1.82, 2.24) is 15.0 Å². The normalized spacial score (nSPS) is 15.5. The van der Waals surface area contributed by atoms with E-state index in [0.717, 1.165) is 31.7 Å². The van der Waals surface area contributed by atoms with Gasteiger partial charge in [-0.05, 0) is 24.6 Å². The number of nitrogens with two attached hydrogens (primary N) is 1. The van der Waals surface area contributed by atoms with Crippen LogP contribution in [-0.2, 0) is 6.18 Å². The van der Waals surface area contributed by atoms with Gasteiger partial charge < -0.3 is 19.9 Å². The number of nitrogens with one attached hydrogen (secondary N) is 1. The average molecular weight is 488 g/mol. The molecule has 33 heavy (non-hydrogen) atoms. The quantitative estimate of drug-likeness (QED) is 0.192. The van der Waals surface area contributed by atoms with Crippen LogP contribution in [0.15, 0.2) is 34.9 Å². The standard InChI is InChI=1S/C22H28F3N5O2.ClH/c1-2-3-4-5-6-7-13-31-18-11-10-15(14-16(18)22(23,24)25)19-28-20(32-29-19)17-9-8-12-30(17)21(26)27;/h8-11,14,17H,2-7,12-13H2,1H3,(H3,26,27);1H. The zero-order valence-electron chi connectivity index (χ0n) is 18.4. The third-order valence-corrected chi connectivity index (χ3v) is 5.26. The van der Waals surface area contributed by atoms with Crippen molar-refractivity contribution in [3.8, 4) is 17.1 Å². The van der Waals surface area contributed by atoms with Crippen molar-refractivity contribution in [3.63, 3.8) is 0 Å². The minimum absolute atomic E-state index is 0. The minimum atomic E-state index is -4.58. The van der Waals surface area contributed by atoms with Crippen molar-refractivity contribution in [2.75, 3.05) is 13.2 Å². The second kappa shape index (κ2) is 11.9. The van der Waals surface area contributed by atoms with E-state index in [4.69, 9.17) is 20.4 Å². The van der Waals surface area contributed by atoms with E-state index in [1.807, 2.05) is 0 Å². The minimum Gasteiger partial charge on any atom is -0.493 e. The topological polar surface area (TPSA) is 101 Å². The van der Waals surface area contributed by atoms with Crippen LogP contribution in [-0.4, -0.2) is 34.2 Å². The van der Waals surface area contributed by atoms with Crippen LogP contribution >= 0.6 is 12.4 Å². The summed E-state index contributed by atoms with van der Waals surface area (Å²) in [6.07, 6.45) is 5.10. The number of unbranched alkanes of at least 4 members (excludes halogenated alkanes) is 5. The molecule has 0 fully saturated rings. The molecule has 3 rings (SSSR count). The number of benzene rings is 1. The molecule has 0 saturated heterocycles. The van der Waals surface area contributed by atoms with Crippen molar-refractivity contribution in [1.29, 1.82) is 5.41 Å². The van der Waals surface area contributed by atoms with Crippen LogP contribution in [0.5, 0.6) is 5.75 Å². The van der Waals surface area contributed by atoms with E-state index in [2.05, 4.69) is 17.1 Å². The molecular formula is C22H29ClF3N5O2. The van der Waals surface area contributed by atoms with E-state index in [1.54, 1.807) is 12.2 Å². The fraction of sp³-hybridized carbons (Fsp3) is 0.500. The highest BCUT2D eigenvalue weighted by molar-refractivity contribution is 5.85. The summed E-state index contributed by atoms with van der Waals surface area (Å²) in [6, 6.07) is 3.23. The molecule has 0 bridgehead atoms. The zero-order valence-corrected chi connectivity index (χ0v) is 19.2. The molecule has 0 aliphatic carbocycles. The third-order valence-electron chi connectivity index (χ3n) is 5.26. The van der Waals surface area contributed by atoms with Crippen LogP contribution in [0.2, 0.25) is 0 Å². The van der Waals surface area contributed by atoms with E-state index < -0.39 is 17.8 Å². The number of hydrogen-bond acceptors (Lipinski definition) is 5. The van der Waals surface area contributed by atoms with Crippen LogP contribution in [0, 0.1) is 5.41 Å². The maximum absolute atomic E-state index is 13.7. The van der Waals surface area contributed by atoms with Gasteiger partial charge in [-0.25, -0.2) is 0 Å². The van der Waals surface area contributed by atoms with Gasteiger partial charge in [0, 0.05) is 12.1 Å². The van der Waals surface area contributed by atoms with Crippen LogP contribution < -0.4 is 10.5 Å². The summed E-state index contributed by atoms with van der Waals surface area (Å²) in [5.41, 5.74) is 4.83. The first-order valence-corrected chi connectivity index (χ1v) is 10.8. The smallest absolute Gasteiger partial charge is 0.419 e. The zero-order chi connectivity index (χ0) is 23.1. The first kappa shape index (κ1) is 26.5. The van der Waals surface area contributed by atoms with Gasteiger partial charge in [-0.1, -0.05) is 56.3 Å². The van der Waals surface area contributed by atoms with Crippen LogP contribution in [0.25, 0.3) is 11.4 Å². The number of ether oxygens (including phenoxy) is 1. The molecular weight excluding hydrogens is 459 g/mol. The predicted molar refractivity (Wildman–Crippen MR) is 121 cm³/mol. The number of rotatable bonds is 10. The number of guanidine groups is 1. The Morgan fingerprint density at radius 1 is 1.24 bits per heavy atom. The van der Waals surface area contributed by atoms with E-state index in [-0.39, 0.29) is 48.0 Å². The Morgan fingerprint density at radius 2 is 1.97 bits per heavy atom. The Hall–Kier alpha value is -2.75. The Bertz CT molecular complexity index is 948. The summed E-state index contributed by atoms with van der Waals surface area (Å²) in [5.74, 6) is -0.191. The summed E-state index contributed by atoms with van der Waals surface area (Å²) < 4.78 is 51.6. The lowest BCUT2D eigenvalue weighted by molar-refractivity contribution is -0.138. The second-order valence-electron chi connectivity index (χ2n) is 7.69. The van der Waals surface area contributed by atoms with E-state index >= 15 is 0 Å². The highest BCUT2D eigenvalue weighted by Crippen LogP contribution is 2.39. The third kappa shape index (κ3) is 6.86. The molecule has 0 saturated carbocycles. The molecule has 0 radical (unpaired) electrons. The lowest BCUT2D eigenvalue weighted by atomic mass is 10.1. The van der Waals surface area contributed by atoms with E-state index in [0.29, 0.717) is 13.0 Å². The molecule has 0 amide bonds. The van der Waals surface area contributed by atoms with Gasteiger partial charge in [0.15, 0.2) is 5.96 Å². The number of hydrogen-bond donors (Lipinski definition) is 2. The number of aromatic nitrogens is 2. The lowest BCUT2D eigenvalue weighted by Crippen LogP contribution is -2.36. The van der Waals surface area contributed by atoms with Crippen LogP contribution in [0.1, 0.15) is 62.9 Å². The van der Waals surface area contributed by atoms with Crippen molar-refractivity contribution in [2.24, 2.45) is 5.73 Å². The maximum Gasteiger partial charge on any atom is 0.419 e. The molecule has 0 spiro atoms. The van der Waals surface area contributed by atoms with Gasteiger partial charge >= 0.3 is 6.18 Å². The molecule has 1 aliphatic rings. The summed E-state index contributed by atoms with van der Waals surface area (Å²) >= 11 is 0. The number of halogens is 4. The van der Waals surface area contributed by atoms with E-state index in [9.17, 15) is 13.2 Å². The molecule has 1 aliphatic heterocycles. The molecule has 1 atom stereocenters. The van der Waals surface area contributed by atoms with Gasteiger partial charge in [-0.15, -0.1) is 12.4 Å². The molecule has 1 aromatic heterocycles. The summed E-state index contributed by atoms with van der Waals surface area (Å²) in [5, 5.41) is 11.4.